The maximum Gasteiger partial charge on any atom is 0.342 e. The fourth-order valence-corrected chi connectivity index (χ4v) is 5.48. The Morgan fingerprint density at radius 3 is 2.43 bits per heavy atom. The number of ether oxygens (including phenoxy) is 1. The van der Waals surface area contributed by atoms with Crippen LogP contribution < -0.4 is 0 Å². The summed E-state index contributed by atoms with van der Waals surface area (Å²) in [6, 6.07) is 0. The predicted molar refractivity (Wildman–Crippen MR) is 103 cm³/mol. The zero-order valence-electron chi connectivity index (χ0n) is 17.3. The summed E-state index contributed by atoms with van der Waals surface area (Å²) in [5, 5.41) is 0. The summed E-state index contributed by atoms with van der Waals surface area (Å²) in [5.41, 5.74) is 2.05. The van der Waals surface area contributed by atoms with Crippen molar-refractivity contribution in [3.8, 4) is 0 Å². The molecule has 0 radical (unpaired) electrons. The van der Waals surface area contributed by atoms with Gasteiger partial charge in [0.2, 0.25) is 5.78 Å². The molecule has 0 aromatic carbocycles. The van der Waals surface area contributed by atoms with Crippen LogP contribution in [-0.2, 0) is 14.9 Å². The van der Waals surface area contributed by atoms with Gasteiger partial charge in [0.15, 0.2) is 5.76 Å². The molecule has 148 valence electrons. The molecular weight excluding hydrogens is 356 g/mol. The van der Waals surface area contributed by atoms with Gasteiger partial charge in [0.25, 0.3) is 0 Å². The van der Waals surface area contributed by atoms with E-state index in [9.17, 15) is 14.4 Å². The number of rotatable bonds is 2. The molecule has 1 aromatic heterocycles. The van der Waals surface area contributed by atoms with Gasteiger partial charge in [0.1, 0.15) is 23.7 Å². The third-order valence-corrected chi connectivity index (χ3v) is 7.69. The number of fused-ring (bicyclic) bond motifs is 1. The predicted octanol–water partition coefficient (Wildman–Crippen LogP) is 4.42. The van der Waals surface area contributed by atoms with Crippen molar-refractivity contribution in [1.29, 1.82) is 0 Å². The molecule has 4 rings (SSSR count). The van der Waals surface area contributed by atoms with Gasteiger partial charge >= 0.3 is 5.97 Å². The molecule has 0 N–H and O–H groups in total. The molecule has 1 aliphatic heterocycles. The Labute approximate surface area is 164 Å². The Morgan fingerprint density at radius 2 is 1.86 bits per heavy atom. The first-order valence-electron chi connectivity index (χ1n) is 9.74. The minimum atomic E-state index is -0.690. The summed E-state index contributed by atoms with van der Waals surface area (Å²) in [5.74, 6) is -0.835. The van der Waals surface area contributed by atoms with Gasteiger partial charge in [0.05, 0.1) is 5.41 Å². The molecule has 2 heterocycles. The molecule has 3 aliphatic rings. The van der Waals surface area contributed by atoms with Crippen LogP contribution in [0.1, 0.15) is 74.4 Å². The highest BCUT2D eigenvalue weighted by Gasteiger charge is 2.60. The van der Waals surface area contributed by atoms with Crippen LogP contribution in [0.25, 0.3) is 0 Å². The highest BCUT2D eigenvalue weighted by molar-refractivity contribution is 6.14. The fourth-order valence-electron chi connectivity index (χ4n) is 5.48. The minimum Gasteiger partial charge on any atom is -0.460 e. The molecule has 5 heteroatoms. The number of Topliss-reactive ketones (excluding diaryl/α,β-unsaturated/α-hetero) is 2. The number of allylic oxidation sites excluding steroid dienone is 2. The van der Waals surface area contributed by atoms with E-state index in [0.717, 1.165) is 11.1 Å². The molecular formula is C23H26O5. The molecule has 1 unspecified atom stereocenters. The van der Waals surface area contributed by atoms with Crippen molar-refractivity contribution >= 4 is 17.5 Å². The van der Waals surface area contributed by atoms with E-state index in [0.29, 0.717) is 23.1 Å². The van der Waals surface area contributed by atoms with Crippen LogP contribution in [0.15, 0.2) is 34.0 Å². The van der Waals surface area contributed by atoms with Crippen LogP contribution in [0.2, 0.25) is 0 Å². The highest BCUT2D eigenvalue weighted by Crippen LogP contribution is 2.60. The van der Waals surface area contributed by atoms with E-state index >= 15 is 0 Å². The van der Waals surface area contributed by atoms with Gasteiger partial charge in [0, 0.05) is 22.5 Å². The van der Waals surface area contributed by atoms with E-state index in [2.05, 4.69) is 6.58 Å². The number of hydrogen-bond acceptors (Lipinski definition) is 5. The van der Waals surface area contributed by atoms with E-state index < -0.39 is 22.9 Å². The van der Waals surface area contributed by atoms with Crippen molar-refractivity contribution in [2.75, 3.05) is 0 Å². The summed E-state index contributed by atoms with van der Waals surface area (Å²) in [6.07, 6.45) is 1.46. The van der Waals surface area contributed by atoms with Crippen molar-refractivity contribution in [2.45, 2.75) is 59.5 Å². The first kappa shape index (κ1) is 18.9. The molecule has 5 atom stereocenters. The van der Waals surface area contributed by atoms with Crippen LogP contribution in [0, 0.1) is 17.3 Å². The fraction of sp³-hybridized carbons (Fsp3) is 0.522. The quantitative estimate of drug-likeness (QED) is 0.559. The normalized spacial score (nSPS) is 36.6. The zero-order valence-corrected chi connectivity index (χ0v) is 17.3. The van der Waals surface area contributed by atoms with E-state index in [1.165, 1.54) is 6.26 Å². The third kappa shape index (κ3) is 2.00. The highest BCUT2D eigenvalue weighted by atomic mass is 16.5. The lowest BCUT2D eigenvalue weighted by molar-refractivity contribution is -0.128. The number of carbonyl (C=O) groups excluding carboxylic acids is 3. The standard InChI is InChI=1S/C23H26O5/c1-10(2)14-8-22(6,12(4)24)11(3)16-17(14)23(7)13(5)28-21(26)15-9-27-20(18(15)23)19(16)25/h9,11,13-14H,1,8H2,2-7H3/t11?,13-,14+,22+,23-/m1/s1. The van der Waals surface area contributed by atoms with Crippen molar-refractivity contribution in [3.63, 3.8) is 0 Å². The van der Waals surface area contributed by atoms with Crippen LogP contribution in [0.5, 0.6) is 0 Å². The maximum absolute atomic E-state index is 13.5. The van der Waals surface area contributed by atoms with Crippen LogP contribution in [-0.4, -0.2) is 23.6 Å². The van der Waals surface area contributed by atoms with Gasteiger partial charge < -0.3 is 9.15 Å². The van der Waals surface area contributed by atoms with Gasteiger partial charge in [-0.2, -0.15) is 0 Å². The van der Waals surface area contributed by atoms with E-state index in [1.807, 2.05) is 34.6 Å². The number of carbonyl (C=O) groups is 3. The monoisotopic (exact) mass is 382 g/mol. The molecule has 28 heavy (non-hydrogen) atoms. The summed E-state index contributed by atoms with van der Waals surface area (Å²) in [6.45, 7) is 15.5. The van der Waals surface area contributed by atoms with E-state index in [1.54, 1.807) is 6.92 Å². The van der Waals surface area contributed by atoms with E-state index in [4.69, 9.17) is 9.15 Å². The molecule has 0 amide bonds. The zero-order chi connectivity index (χ0) is 20.8. The lowest BCUT2D eigenvalue weighted by atomic mass is 9.50. The van der Waals surface area contributed by atoms with Crippen molar-refractivity contribution < 1.29 is 23.5 Å². The lowest BCUT2D eigenvalue weighted by Crippen LogP contribution is -2.54. The molecule has 0 saturated heterocycles. The average molecular weight is 382 g/mol. The average Bonchev–Trinajstić information content (AvgIpc) is 3.06. The smallest absolute Gasteiger partial charge is 0.342 e. The summed E-state index contributed by atoms with van der Waals surface area (Å²) < 4.78 is 11.3. The Kier molecular flexibility index (Phi) is 3.75. The largest absolute Gasteiger partial charge is 0.460 e. The Hall–Kier alpha value is -2.43. The number of ketones is 2. The molecule has 5 nitrogen and oxygen atoms in total. The third-order valence-electron chi connectivity index (χ3n) is 7.69. The summed E-state index contributed by atoms with van der Waals surface area (Å²) >= 11 is 0. The van der Waals surface area contributed by atoms with Crippen molar-refractivity contribution in [3.05, 3.63) is 46.4 Å². The SMILES string of the molecule is C=C(C)[C@@H]1C[C@](C)(C(C)=O)C(C)C2=C1[C@]1(C)c3c(coc3C2=O)C(=O)O[C@@H]1C. The number of hydrogen-bond donors (Lipinski definition) is 0. The first-order chi connectivity index (χ1) is 13.0. The second-order valence-corrected chi connectivity index (χ2v) is 9.06. The molecule has 0 spiro atoms. The van der Waals surface area contributed by atoms with Gasteiger partial charge in [-0.3, -0.25) is 9.59 Å². The van der Waals surface area contributed by atoms with Gasteiger partial charge in [-0.25, -0.2) is 4.79 Å². The molecule has 0 saturated carbocycles. The van der Waals surface area contributed by atoms with Crippen molar-refractivity contribution in [2.24, 2.45) is 17.3 Å². The number of esters is 1. The topological polar surface area (TPSA) is 73.6 Å². The molecule has 1 aromatic rings. The number of cyclic esters (lactones) is 1. The van der Waals surface area contributed by atoms with Gasteiger partial charge in [-0.15, -0.1) is 0 Å². The second-order valence-electron chi connectivity index (χ2n) is 9.06. The summed E-state index contributed by atoms with van der Waals surface area (Å²) in [7, 11) is 0. The van der Waals surface area contributed by atoms with Gasteiger partial charge in [-0.1, -0.05) is 26.0 Å². The Morgan fingerprint density at radius 1 is 1.21 bits per heavy atom. The van der Waals surface area contributed by atoms with Crippen molar-refractivity contribution in [1.82, 2.24) is 0 Å². The number of furan rings is 1. The first-order valence-corrected chi connectivity index (χ1v) is 9.74. The van der Waals surface area contributed by atoms with Gasteiger partial charge in [-0.05, 0) is 45.6 Å². The minimum absolute atomic E-state index is 0.0600. The summed E-state index contributed by atoms with van der Waals surface area (Å²) in [4.78, 5) is 38.6. The second kappa shape index (κ2) is 5.56. The Balaban J connectivity index is 2.09. The Bertz CT molecular complexity index is 993. The van der Waals surface area contributed by atoms with Crippen LogP contribution in [0.4, 0.5) is 0 Å². The molecule has 2 aliphatic carbocycles. The maximum atomic E-state index is 13.5. The molecule has 0 bridgehead atoms. The van der Waals surface area contributed by atoms with E-state index in [-0.39, 0.29) is 29.2 Å². The lowest BCUT2D eigenvalue weighted by Gasteiger charge is -2.53. The van der Waals surface area contributed by atoms with Crippen LogP contribution in [0.3, 0.4) is 0 Å². The van der Waals surface area contributed by atoms with Crippen LogP contribution >= 0.6 is 0 Å². The molecule has 0 fully saturated rings.